The number of nitrogens with one attached hydrogen (secondary N) is 2. The van der Waals surface area contributed by atoms with E-state index >= 15 is 0 Å². The molecule has 11 heteroatoms. The van der Waals surface area contributed by atoms with Crippen molar-refractivity contribution in [3.8, 4) is 5.75 Å². The molecule has 0 radical (unpaired) electrons. The zero-order chi connectivity index (χ0) is 22.4. The molecule has 2 amide bonds. The van der Waals surface area contributed by atoms with Crippen LogP contribution in [-0.4, -0.2) is 51.4 Å². The molecule has 2 heterocycles. The minimum absolute atomic E-state index is 0.145. The molecular weight excluding hydrogens is 468 g/mol. The van der Waals surface area contributed by atoms with Crippen LogP contribution in [0, 0.1) is 13.8 Å². The Morgan fingerprint density at radius 3 is 2.42 bits per heavy atom. The van der Waals surface area contributed by atoms with E-state index in [2.05, 4.69) is 41.8 Å². The van der Waals surface area contributed by atoms with Crippen molar-refractivity contribution in [2.24, 2.45) is 0 Å². The van der Waals surface area contributed by atoms with Crippen molar-refractivity contribution in [2.75, 3.05) is 19.7 Å². The van der Waals surface area contributed by atoms with Gasteiger partial charge in [-0.25, -0.2) is 0 Å². The first-order valence-corrected chi connectivity index (χ1v) is 10.5. The lowest BCUT2D eigenvalue weighted by molar-refractivity contribution is 0.0898. The molecule has 1 aromatic carbocycles. The van der Waals surface area contributed by atoms with Gasteiger partial charge in [0.1, 0.15) is 12.3 Å². The molecule has 3 aromatic rings. The van der Waals surface area contributed by atoms with Crippen molar-refractivity contribution in [1.82, 2.24) is 30.6 Å². The second-order valence-corrected chi connectivity index (χ2v) is 7.42. The van der Waals surface area contributed by atoms with Gasteiger partial charge < -0.3 is 19.9 Å². The first-order valence-electron chi connectivity index (χ1n) is 9.70. The Hall–Kier alpha value is -3.21. The molecule has 3 rings (SSSR count). The lowest BCUT2D eigenvalue weighted by Gasteiger charge is -2.07. The molecule has 10 nitrogen and oxygen atoms in total. The summed E-state index contributed by atoms with van der Waals surface area (Å²) < 4.78 is 13.0. The molecule has 31 heavy (non-hydrogen) atoms. The summed E-state index contributed by atoms with van der Waals surface area (Å²) in [5.41, 5.74) is 2.29. The van der Waals surface area contributed by atoms with Crippen LogP contribution in [0.5, 0.6) is 5.75 Å². The highest BCUT2D eigenvalue weighted by atomic mass is 79.9. The summed E-state index contributed by atoms with van der Waals surface area (Å²) in [5.74, 6) is 0.147. The van der Waals surface area contributed by atoms with Crippen LogP contribution in [0.1, 0.15) is 45.2 Å². The van der Waals surface area contributed by atoms with E-state index in [1.54, 1.807) is 28.9 Å². The third-order valence-electron chi connectivity index (χ3n) is 4.37. The second-order valence-electron chi connectivity index (χ2n) is 6.63. The molecule has 0 saturated carbocycles. The molecule has 164 valence electrons. The number of hydrogen-bond acceptors (Lipinski definition) is 7. The largest absolute Gasteiger partial charge is 0.494 e. The summed E-state index contributed by atoms with van der Waals surface area (Å²) in [6.07, 6.45) is 0. The zero-order valence-corrected chi connectivity index (χ0v) is 19.0. The number of nitrogens with zero attached hydrogens (tertiary/aromatic N) is 4. The Morgan fingerprint density at radius 2 is 1.81 bits per heavy atom. The number of hydrogen-bond donors (Lipinski definition) is 2. The predicted molar refractivity (Wildman–Crippen MR) is 115 cm³/mol. The fraction of sp³-hybridized carbons (Fsp3) is 0.350. The van der Waals surface area contributed by atoms with Crippen LogP contribution in [0.3, 0.4) is 0 Å². The highest BCUT2D eigenvalue weighted by molar-refractivity contribution is 9.10. The van der Waals surface area contributed by atoms with Crippen molar-refractivity contribution in [1.29, 1.82) is 0 Å². The quantitative estimate of drug-likeness (QED) is 0.440. The van der Waals surface area contributed by atoms with E-state index in [4.69, 9.17) is 9.26 Å². The molecule has 0 aliphatic carbocycles. The van der Waals surface area contributed by atoms with Crippen LogP contribution < -0.4 is 15.4 Å². The Kier molecular flexibility index (Phi) is 7.40. The van der Waals surface area contributed by atoms with E-state index < -0.39 is 5.91 Å². The Morgan fingerprint density at radius 1 is 1.13 bits per heavy atom. The van der Waals surface area contributed by atoms with E-state index in [1.807, 2.05) is 20.8 Å². The standard InChI is InChI=1S/C20H23BrN6O4/c1-4-30-15-7-5-14(6-8-15)18(28)22-9-10-23-19(29)20-24-16(26-31-20)11-27-13(3)17(21)12(2)25-27/h5-8H,4,9-11H2,1-3H3,(H,22,28)(H,23,29). The maximum absolute atomic E-state index is 12.2. The minimum Gasteiger partial charge on any atom is -0.494 e. The van der Waals surface area contributed by atoms with Gasteiger partial charge in [0.25, 0.3) is 5.91 Å². The van der Waals surface area contributed by atoms with Gasteiger partial charge in [-0.2, -0.15) is 10.1 Å². The van der Waals surface area contributed by atoms with Crippen molar-refractivity contribution in [3.05, 3.63) is 57.4 Å². The summed E-state index contributed by atoms with van der Waals surface area (Å²) in [5, 5.41) is 13.6. The van der Waals surface area contributed by atoms with Gasteiger partial charge >= 0.3 is 11.8 Å². The maximum atomic E-state index is 12.2. The molecule has 0 saturated heterocycles. The maximum Gasteiger partial charge on any atom is 0.316 e. The number of halogens is 1. The lowest BCUT2D eigenvalue weighted by Crippen LogP contribution is -2.34. The fourth-order valence-electron chi connectivity index (χ4n) is 2.77. The first kappa shape index (κ1) is 22.5. The van der Waals surface area contributed by atoms with Gasteiger partial charge in [-0.05, 0) is 61.0 Å². The van der Waals surface area contributed by atoms with Gasteiger partial charge in [0, 0.05) is 18.7 Å². The van der Waals surface area contributed by atoms with Crippen LogP contribution in [0.2, 0.25) is 0 Å². The molecular formula is C20H23BrN6O4. The number of aryl methyl sites for hydroxylation is 1. The number of carbonyl (C=O) groups excluding carboxylic acids is 2. The number of carbonyl (C=O) groups is 2. The fourth-order valence-corrected chi connectivity index (χ4v) is 3.06. The molecule has 0 spiro atoms. The minimum atomic E-state index is -0.511. The van der Waals surface area contributed by atoms with E-state index in [1.165, 1.54) is 0 Å². The summed E-state index contributed by atoms with van der Waals surface area (Å²) in [6, 6.07) is 6.83. The summed E-state index contributed by atoms with van der Waals surface area (Å²) in [7, 11) is 0. The van der Waals surface area contributed by atoms with Crippen molar-refractivity contribution in [3.63, 3.8) is 0 Å². The molecule has 2 aromatic heterocycles. The Balaban J connectivity index is 1.44. The summed E-state index contributed by atoms with van der Waals surface area (Å²) in [4.78, 5) is 28.4. The lowest BCUT2D eigenvalue weighted by atomic mass is 10.2. The average Bonchev–Trinajstić information content (AvgIpc) is 3.32. The number of aromatic nitrogens is 4. The molecule has 0 bridgehead atoms. The van der Waals surface area contributed by atoms with E-state index in [0.717, 1.165) is 15.9 Å². The third kappa shape index (κ3) is 5.69. The van der Waals surface area contributed by atoms with Crippen LogP contribution in [-0.2, 0) is 6.54 Å². The predicted octanol–water partition coefficient (Wildman–Crippen LogP) is 2.25. The normalized spacial score (nSPS) is 10.7. The van der Waals surface area contributed by atoms with Gasteiger partial charge in [0.05, 0.1) is 22.5 Å². The molecule has 0 unspecified atom stereocenters. The van der Waals surface area contributed by atoms with Crippen LogP contribution in [0.15, 0.2) is 33.3 Å². The molecule has 0 atom stereocenters. The van der Waals surface area contributed by atoms with E-state index in [9.17, 15) is 9.59 Å². The number of amides is 2. The number of benzene rings is 1. The second kappa shape index (κ2) is 10.2. The van der Waals surface area contributed by atoms with Crippen molar-refractivity contribution >= 4 is 27.7 Å². The highest BCUT2D eigenvalue weighted by Gasteiger charge is 2.17. The van der Waals surface area contributed by atoms with E-state index in [0.29, 0.717) is 23.7 Å². The van der Waals surface area contributed by atoms with Gasteiger partial charge in [-0.1, -0.05) is 5.16 Å². The monoisotopic (exact) mass is 490 g/mol. The van der Waals surface area contributed by atoms with Gasteiger partial charge in [0.15, 0.2) is 5.82 Å². The average molecular weight is 491 g/mol. The van der Waals surface area contributed by atoms with Crippen LogP contribution >= 0.6 is 15.9 Å². The zero-order valence-electron chi connectivity index (χ0n) is 17.4. The smallest absolute Gasteiger partial charge is 0.316 e. The topological polar surface area (TPSA) is 124 Å². The van der Waals surface area contributed by atoms with Crippen LogP contribution in [0.4, 0.5) is 0 Å². The molecule has 2 N–H and O–H groups in total. The van der Waals surface area contributed by atoms with Crippen molar-refractivity contribution in [2.45, 2.75) is 27.3 Å². The number of ether oxygens (including phenoxy) is 1. The van der Waals surface area contributed by atoms with Gasteiger partial charge in [-0.15, -0.1) is 0 Å². The third-order valence-corrected chi connectivity index (χ3v) is 5.52. The Labute approximate surface area is 187 Å². The summed E-state index contributed by atoms with van der Waals surface area (Å²) in [6.45, 7) is 7.00. The van der Waals surface area contributed by atoms with Gasteiger partial charge in [-0.3, -0.25) is 14.3 Å². The van der Waals surface area contributed by atoms with Gasteiger partial charge in [0.2, 0.25) is 0 Å². The first-order chi connectivity index (χ1) is 14.9. The molecule has 0 aliphatic heterocycles. The SMILES string of the molecule is CCOc1ccc(C(=O)NCCNC(=O)c2nc(Cn3nc(C)c(Br)c3C)no2)cc1. The molecule has 0 aliphatic rings. The van der Waals surface area contributed by atoms with E-state index in [-0.39, 0.29) is 31.4 Å². The Bertz CT molecular complexity index is 1060. The number of rotatable bonds is 9. The summed E-state index contributed by atoms with van der Waals surface area (Å²) >= 11 is 3.46. The van der Waals surface area contributed by atoms with Crippen molar-refractivity contribution < 1.29 is 18.8 Å². The highest BCUT2D eigenvalue weighted by Crippen LogP contribution is 2.20. The molecule has 0 fully saturated rings. The van der Waals surface area contributed by atoms with Crippen LogP contribution in [0.25, 0.3) is 0 Å².